The fourth-order valence-corrected chi connectivity index (χ4v) is 2.59. The van der Waals surface area contributed by atoms with Crippen molar-refractivity contribution in [3.63, 3.8) is 0 Å². The minimum atomic E-state index is 0.214. The number of nitrogens with zero attached hydrogens (tertiary/aromatic N) is 2. The van der Waals surface area contributed by atoms with Gasteiger partial charge in [0.1, 0.15) is 17.9 Å². The Balaban J connectivity index is 1.94. The monoisotopic (exact) mass is 236 g/mol. The average molecular weight is 236 g/mol. The van der Waals surface area contributed by atoms with Crippen molar-refractivity contribution in [2.24, 2.45) is 0 Å². The van der Waals surface area contributed by atoms with Gasteiger partial charge in [-0.3, -0.25) is 0 Å². The summed E-state index contributed by atoms with van der Waals surface area (Å²) >= 11 is 0. The Bertz CT molecular complexity index is 703. The van der Waals surface area contributed by atoms with Crippen molar-refractivity contribution < 1.29 is 4.74 Å². The Morgan fingerprint density at radius 1 is 1.06 bits per heavy atom. The lowest BCUT2D eigenvalue weighted by atomic mass is 10.1. The molecule has 3 nitrogen and oxygen atoms in total. The summed E-state index contributed by atoms with van der Waals surface area (Å²) in [5.74, 6) is 0.928. The number of hydrogen-bond acceptors (Lipinski definition) is 2. The molecule has 3 heteroatoms. The second kappa shape index (κ2) is 3.60. The third kappa shape index (κ3) is 1.27. The zero-order chi connectivity index (χ0) is 11.9. The Hall–Kier alpha value is -2.29. The fourth-order valence-electron chi connectivity index (χ4n) is 2.59. The van der Waals surface area contributed by atoms with E-state index in [1.807, 2.05) is 30.6 Å². The van der Waals surface area contributed by atoms with Crippen molar-refractivity contribution in [2.45, 2.75) is 6.04 Å². The van der Waals surface area contributed by atoms with E-state index in [9.17, 15) is 0 Å². The molecule has 1 aromatic heterocycles. The Morgan fingerprint density at radius 3 is 2.83 bits per heavy atom. The molecule has 0 saturated carbocycles. The lowest BCUT2D eigenvalue weighted by molar-refractivity contribution is 0.259. The van der Waals surface area contributed by atoms with Gasteiger partial charge in [0.05, 0.1) is 17.9 Å². The number of imidazole rings is 1. The molecule has 0 bridgehead atoms. The number of hydrogen-bond donors (Lipinski definition) is 0. The molecule has 0 spiro atoms. The van der Waals surface area contributed by atoms with Crippen LogP contribution in [0.3, 0.4) is 0 Å². The van der Waals surface area contributed by atoms with Crippen molar-refractivity contribution >= 4 is 11.0 Å². The molecule has 0 saturated heterocycles. The highest BCUT2D eigenvalue weighted by Crippen LogP contribution is 2.34. The third-order valence-corrected chi connectivity index (χ3v) is 3.47. The smallest absolute Gasteiger partial charge is 0.145 e. The molecule has 1 aliphatic rings. The fraction of sp³-hybridized carbons (Fsp3) is 0.133. The van der Waals surface area contributed by atoms with Crippen LogP contribution in [-0.4, -0.2) is 16.2 Å². The summed E-state index contributed by atoms with van der Waals surface area (Å²) < 4.78 is 8.07. The van der Waals surface area contributed by atoms with E-state index in [0.717, 1.165) is 16.8 Å². The molecule has 2 heterocycles. The molecule has 18 heavy (non-hydrogen) atoms. The summed E-state index contributed by atoms with van der Waals surface area (Å²) in [6, 6.07) is 16.6. The molecule has 1 unspecified atom stereocenters. The van der Waals surface area contributed by atoms with Crippen molar-refractivity contribution in [3.05, 3.63) is 60.4 Å². The van der Waals surface area contributed by atoms with Crippen LogP contribution in [0.1, 0.15) is 11.6 Å². The van der Waals surface area contributed by atoms with E-state index >= 15 is 0 Å². The van der Waals surface area contributed by atoms with E-state index in [0.29, 0.717) is 6.61 Å². The standard InChI is InChI=1S/C15H12N2O/c1-2-5-11(6-3-1)13-9-18-14-8-4-7-12-15(14)17(13)10-16-12/h1-8,10,13H,9H2. The van der Waals surface area contributed by atoms with Gasteiger partial charge in [0.25, 0.3) is 0 Å². The van der Waals surface area contributed by atoms with Gasteiger partial charge < -0.3 is 9.30 Å². The zero-order valence-electron chi connectivity index (χ0n) is 9.78. The van der Waals surface area contributed by atoms with Gasteiger partial charge in [-0.05, 0) is 17.7 Å². The number of para-hydroxylation sites is 1. The van der Waals surface area contributed by atoms with Crippen LogP contribution in [0, 0.1) is 0 Å². The van der Waals surface area contributed by atoms with Crippen molar-refractivity contribution in [1.82, 2.24) is 9.55 Å². The molecule has 3 aromatic rings. The second-order valence-electron chi connectivity index (χ2n) is 4.51. The maximum Gasteiger partial charge on any atom is 0.145 e. The lowest BCUT2D eigenvalue weighted by Gasteiger charge is -2.25. The van der Waals surface area contributed by atoms with Crippen molar-refractivity contribution in [1.29, 1.82) is 0 Å². The molecule has 0 fully saturated rings. The summed E-state index contributed by atoms with van der Waals surface area (Å²) in [6.45, 7) is 0.659. The normalized spacial score (nSPS) is 17.7. The lowest BCUT2D eigenvalue weighted by Crippen LogP contribution is -2.22. The largest absolute Gasteiger partial charge is 0.489 e. The predicted molar refractivity (Wildman–Crippen MR) is 69.8 cm³/mol. The minimum Gasteiger partial charge on any atom is -0.489 e. The topological polar surface area (TPSA) is 27.1 Å². The van der Waals surface area contributed by atoms with Gasteiger partial charge in [-0.2, -0.15) is 0 Å². The van der Waals surface area contributed by atoms with Gasteiger partial charge in [0.15, 0.2) is 0 Å². The molecular formula is C15H12N2O. The Morgan fingerprint density at radius 2 is 1.94 bits per heavy atom. The van der Waals surface area contributed by atoms with E-state index in [4.69, 9.17) is 4.74 Å². The van der Waals surface area contributed by atoms with E-state index in [2.05, 4.69) is 33.8 Å². The van der Waals surface area contributed by atoms with E-state index in [1.165, 1.54) is 5.56 Å². The first-order chi connectivity index (χ1) is 8.93. The first-order valence-corrected chi connectivity index (χ1v) is 6.07. The van der Waals surface area contributed by atoms with Crippen molar-refractivity contribution in [2.75, 3.05) is 6.61 Å². The predicted octanol–water partition coefficient (Wildman–Crippen LogP) is 3.02. The summed E-state index contributed by atoms with van der Waals surface area (Å²) in [6.07, 6.45) is 1.91. The highest BCUT2D eigenvalue weighted by atomic mass is 16.5. The Kier molecular flexibility index (Phi) is 1.94. The van der Waals surface area contributed by atoms with Gasteiger partial charge >= 0.3 is 0 Å². The molecule has 0 radical (unpaired) electrons. The quantitative estimate of drug-likeness (QED) is 0.649. The molecule has 0 N–H and O–H groups in total. The minimum absolute atomic E-state index is 0.214. The molecule has 88 valence electrons. The summed E-state index contributed by atoms with van der Waals surface area (Å²) in [4.78, 5) is 4.45. The van der Waals surface area contributed by atoms with E-state index in [-0.39, 0.29) is 6.04 Å². The summed E-state index contributed by atoms with van der Waals surface area (Å²) in [7, 11) is 0. The molecule has 4 rings (SSSR count). The van der Waals surface area contributed by atoms with Crippen LogP contribution in [0.4, 0.5) is 0 Å². The Labute approximate surface area is 105 Å². The van der Waals surface area contributed by atoms with Crippen LogP contribution in [0.5, 0.6) is 5.75 Å². The first-order valence-electron chi connectivity index (χ1n) is 6.07. The second-order valence-corrected chi connectivity index (χ2v) is 4.51. The van der Waals surface area contributed by atoms with Crippen LogP contribution in [0.2, 0.25) is 0 Å². The van der Waals surface area contributed by atoms with E-state index < -0.39 is 0 Å². The molecule has 1 atom stereocenters. The van der Waals surface area contributed by atoms with Crippen LogP contribution in [-0.2, 0) is 0 Å². The van der Waals surface area contributed by atoms with Crippen LogP contribution in [0.25, 0.3) is 11.0 Å². The number of ether oxygens (including phenoxy) is 1. The molecular weight excluding hydrogens is 224 g/mol. The molecule has 0 aliphatic carbocycles. The number of rotatable bonds is 1. The maximum absolute atomic E-state index is 5.86. The number of aromatic nitrogens is 2. The van der Waals surface area contributed by atoms with Crippen molar-refractivity contribution in [3.8, 4) is 5.75 Å². The summed E-state index contributed by atoms with van der Waals surface area (Å²) in [5.41, 5.74) is 3.34. The van der Waals surface area contributed by atoms with Crippen LogP contribution in [0.15, 0.2) is 54.9 Å². The zero-order valence-corrected chi connectivity index (χ0v) is 9.78. The SMILES string of the molecule is c1ccc(C2COc3cccc4ncn2c34)cc1. The highest BCUT2D eigenvalue weighted by molar-refractivity contribution is 5.82. The third-order valence-electron chi connectivity index (χ3n) is 3.47. The molecule has 1 aliphatic heterocycles. The molecule has 2 aromatic carbocycles. The van der Waals surface area contributed by atoms with Gasteiger partial charge in [-0.15, -0.1) is 0 Å². The average Bonchev–Trinajstić information content (AvgIpc) is 2.87. The number of benzene rings is 2. The summed E-state index contributed by atoms with van der Waals surface area (Å²) in [5, 5.41) is 0. The van der Waals surface area contributed by atoms with E-state index in [1.54, 1.807) is 0 Å². The van der Waals surface area contributed by atoms with Gasteiger partial charge in [0.2, 0.25) is 0 Å². The van der Waals surface area contributed by atoms with Crippen LogP contribution < -0.4 is 4.74 Å². The molecule has 0 amide bonds. The maximum atomic E-state index is 5.86. The van der Waals surface area contributed by atoms with Gasteiger partial charge in [0, 0.05) is 0 Å². The van der Waals surface area contributed by atoms with Gasteiger partial charge in [-0.25, -0.2) is 4.98 Å². The highest BCUT2D eigenvalue weighted by Gasteiger charge is 2.23. The van der Waals surface area contributed by atoms with Crippen LogP contribution >= 0.6 is 0 Å². The first kappa shape index (κ1) is 9.71. The van der Waals surface area contributed by atoms with Gasteiger partial charge in [-0.1, -0.05) is 36.4 Å².